The highest BCUT2D eigenvalue weighted by Crippen LogP contribution is 2.18. The maximum atomic E-state index is 5.78. The molecule has 3 N–H and O–H groups in total. The molecule has 0 atom stereocenters. The Kier molecular flexibility index (Phi) is 2.80. The van der Waals surface area contributed by atoms with E-state index < -0.39 is 0 Å². The number of nitrogens with zero attached hydrogens (tertiary/aromatic N) is 2. The average molecular weight is 221 g/mol. The molecule has 0 fully saturated rings. The van der Waals surface area contributed by atoms with Crippen LogP contribution in [-0.2, 0) is 0 Å². The minimum Gasteiger partial charge on any atom is -0.308 e. The van der Waals surface area contributed by atoms with Crippen molar-refractivity contribution in [2.45, 2.75) is 0 Å². The third-order valence-electron chi connectivity index (χ3n) is 1.91. The Balaban J connectivity index is 2.40. The molecule has 0 saturated carbocycles. The molecule has 4 nitrogen and oxygen atoms in total. The number of hydrogen-bond donors (Lipinski definition) is 2. The lowest BCUT2D eigenvalue weighted by atomic mass is 10.2. The zero-order chi connectivity index (χ0) is 10.7. The SMILES string of the molecule is NNc1ccnc(-c2ccc(Cl)cc2)n1. The van der Waals surface area contributed by atoms with Gasteiger partial charge in [0.1, 0.15) is 5.82 Å². The molecule has 0 unspecified atom stereocenters. The molecular formula is C10H9ClN4. The van der Waals surface area contributed by atoms with Gasteiger partial charge in [0, 0.05) is 22.8 Å². The van der Waals surface area contributed by atoms with Crippen LogP contribution in [0.5, 0.6) is 0 Å². The summed E-state index contributed by atoms with van der Waals surface area (Å²) in [6.45, 7) is 0. The Hall–Kier alpha value is -1.65. The number of nitrogens with two attached hydrogens (primary N) is 1. The van der Waals surface area contributed by atoms with Crippen LogP contribution >= 0.6 is 11.6 Å². The van der Waals surface area contributed by atoms with Gasteiger partial charge in [0.15, 0.2) is 5.82 Å². The number of hydrazine groups is 1. The van der Waals surface area contributed by atoms with Gasteiger partial charge < -0.3 is 5.43 Å². The average Bonchev–Trinajstić information content (AvgIpc) is 2.30. The fraction of sp³-hybridized carbons (Fsp3) is 0. The molecule has 5 heteroatoms. The molecule has 0 aliphatic rings. The highest BCUT2D eigenvalue weighted by atomic mass is 35.5. The number of rotatable bonds is 2. The van der Waals surface area contributed by atoms with Crippen molar-refractivity contribution in [1.29, 1.82) is 0 Å². The maximum Gasteiger partial charge on any atom is 0.161 e. The van der Waals surface area contributed by atoms with Gasteiger partial charge in [-0.3, -0.25) is 0 Å². The predicted octanol–water partition coefficient (Wildman–Crippen LogP) is 2.08. The molecule has 15 heavy (non-hydrogen) atoms. The quantitative estimate of drug-likeness (QED) is 0.601. The van der Waals surface area contributed by atoms with E-state index in [-0.39, 0.29) is 0 Å². The third-order valence-corrected chi connectivity index (χ3v) is 2.16. The Bertz CT molecular complexity index is 455. The van der Waals surface area contributed by atoms with Crippen LogP contribution in [0.3, 0.4) is 0 Å². The molecule has 0 aliphatic heterocycles. The van der Waals surface area contributed by atoms with Crippen molar-refractivity contribution in [2.75, 3.05) is 5.43 Å². The predicted molar refractivity (Wildman–Crippen MR) is 60.3 cm³/mol. The van der Waals surface area contributed by atoms with E-state index in [0.29, 0.717) is 16.7 Å². The number of nitrogen functional groups attached to an aromatic ring is 1. The maximum absolute atomic E-state index is 5.78. The number of anilines is 1. The second-order valence-electron chi connectivity index (χ2n) is 2.92. The molecular weight excluding hydrogens is 212 g/mol. The van der Waals surface area contributed by atoms with E-state index in [9.17, 15) is 0 Å². The molecule has 1 aromatic carbocycles. The number of aromatic nitrogens is 2. The van der Waals surface area contributed by atoms with Crippen LogP contribution in [0.4, 0.5) is 5.82 Å². The van der Waals surface area contributed by atoms with Crippen molar-refractivity contribution in [2.24, 2.45) is 5.84 Å². The summed E-state index contributed by atoms with van der Waals surface area (Å²) < 4.78 is 0. The zero-order valence-electron chi connectivity index (χ0n) is 7.81. The molecule has 0 radical (unpaired) electrons. The van der Waals surface area contributed by atoms with Crippen LogP contribution in [0, 0.1) is 0 Å². The van der Waals surface area contributed by atoms with Crippen LogP contribution in [0.15, 0.2) is 36.5 Å². The van der Waals surface area contributed by atoms with Crippen LogP contribution in [0.2, 0.25) is 5.02 Å². The van der Waals surface area contributed by atoms with E-state index >= 15 is 0 Å². The molecule has 2 rings (SSSR count). The van der Waals surface area contributed by atoms with Crippen molar-refractivity contribution in [1.82, 2.24) is 9.97 Å². The summed E-state index contributed by atoms with van der Waals surface area (Å²) in [7, 11) is 0. The van der Waals surface area contributed by atoms with E-state index in [0.717, 1.165) is 5.56 Å². The summed E-state index contributed by atoms with van der Waals surface area (Å²) >= 11 is 5.78. The Morgan fingerprint density at radius 1 is 1.13 bits per heavy atom. The van der Waals surface area contributed by atoms with Gasteiger partial charge in [-0.1, -0.05) is 11.6 Å². The van der Waals surface area contributed by atoms with Crippen LogP contribution in [0.25, 0.3) is 11.4 Å². The first-order valence-corrected chi connectivity index (χ1v) is 4.73. The summed E-state index contributed by atoms with van der Waals surface area (Å²) in [5.74, 6) is 6.45. The minimum absolute atomic E-state index is 0.579. The van der Waals surface area contributed by atoms with E-state index in [2.05, 4.69) is 15.4 Å². The number of halogens is 1. The molecule has 1 aromatic heterocycles. The largest absolute Gasteiger partial charge is 0.308 e. The van der Waals surface area contributed by atoms with Crippen LogP contribution < -0.4 is 11.3 Å². The van der Waals surface area contributed by atoms with Crippen molar-refractivity contribution in [3.8, 4) is 11.4 Å². The second kappa shape index (κ2) is 4.25. The van der Waals surface area contributed by atoms with Crippen LogP contribution in [0.1, 0.15) is 0 Å². The summed E-state index contributed by atoms with van der Waals surface area (Å²) in [6, 6.07) is 9.00. The topological polar surface area (TPSA) is 63.8 Å². The standard InChI is InChI=1S/C10H9ClN4/c11-8-3-1-7(2-4-8)10-13-6-5-9(14-10)15-12/h1-6H,12H2,(H,13,14,15). The lowest BCUT2D eigenvalue weighted by Crippen LogP contribution is -2.08. The first-order valence-electron chi connectivity index (χ1n) is 4.35. The summed E-state index contributed by atoms with van der Waals surface area (Å²) in [5, 5.41) is 0.687. The van der Waals surface area contributed by atoms with E-state index in [1.54, 1.807) is 24.4 Å². The fourth-order valence-corrected chi connectivity index (χ4v) is 1.30. The summed E-state index contributed by atoms with van der Waals surface area (Å²) in [5.41, 5.74) is 3.37. The van der Waals surface area contributed by atoms with Gasteiger partial charge in [0.25, 0.3) is 0 Å². The summed E-state index contributed by atoms with van der Waals surface area (Å²) in [6.07, 6.45) is 1.64. The number of nitrogens with one attached hydrogen (secondary N) is 1. The zero-order valence-corrected chi connectivity index (χ0v) is 8.57. The lowest BCUT2D eigenvalue weighted by molar-refractivity contribution is 1.15. The Morgan fingerprint density at radius 2 is 1.87 bits per heavy atom. The van der Waals surface area contributed by atoms with Gasteiger partial charge in [-0.25, -0.2) is 15.8 Å². The van der Waals surface area contributed by atoms with Crippen LogP contribution in [-0.4, -0.2) is 9.97 Å². The van der Waals surface area contributed by atoms with Gasteiger partial charge in [0.05, 0.1) is 0 Å². The number of benzene rings is 1. The molecule has 2 aromatic rings. The lowest BCUT2D eigenvalue weighted by Gasteiger charge is -2.02. The second-order valence-corrected chi connectivity index (χ2v) is 3.35. The molecule has 0 amide bonds. The van der Waals surface area contributed by atoms with E-state index in [1.165, 1.54) is 0 Å². The molecule has 0 bridgehead atoms. The van der Waals surface area contributed by atoms with Gasteiger partial charge in [-0.2, -0.15) is 0 Å². The van der Waals surface area contributed by atoms with Gasteiger partial charge in [-0.15, -0.1) is 0 Å². The monoisotopic (exact) mass is 220 g/mol. The highest BCUT2D eigenvalue weighted by molar-refractivity contribution is 6.30. The van der Waals surface area contributed by atoms with E-state index in [4.69, 9.17) is 17.4 Å². The third kappa shape index (κ3) is 2.23. The van der Waals surface area contributed by atoms with Crippen molar-refractivity contribution < 1.29 is 0 Å². The van der Waals surface area contributed by atoms with Gasteiger partial charge >= 0.3 is 0 Å². The molecule has 76 valence electrons. The molecule has 1 heterocycles. The molecule has 0 spiro atoms. The van der Waals surface area contributed by atoms with Crippen molar-refractivity contribution in [3.63, 3.8) is 0 Å². The highest BCUT2D eigenvalue weighted by Gasteiger charge is 2.01. The van der Waals surface area contributed by atoms with E-state index in [1.807, 2.05) is 12.1 Å². The van der Waals surface area contributed by atoms with Crippen molar-refractivity contribution in [3.05, 3.63) is 41.6 Å². The minimum atomic E-state index is 0.579. The summed E-state index contributed by atoms with van der Waals surface area (Å²) in [4.78, 5) is 8.34. The van der Waals surface area contributed by atoms with Gasteiger partial charge in [-0.05, 0) is 24.3 Å². The molecule has 0 aliphatic carbocycles. The number of hydrogen-bond acceptors (Lipinski definition) is 4. The Labute approximate surface area is 92.1 Å². The van der Waals surface area contributed by atoms with Crippen molar-refractivity contribution >= 4 is 17.4 Å². The molecule has 0 saturated heterocycles. The van der Waals surface area contributed by atoms with Gasteiger partial charge in [0.2, 0.25) is 0 Å². The first-order chi connectivity index (χ1) is 7.29. The normalized spacial score (nSPS) is 10.0. The first kappa shape index (κ1) is 9.89. The Morgan fingerprint density at radius 3 is 2.53 bits per heavy atom. The fourth-order valence-electron chi connectivity index (χ4n) is 1.18. The smallest absolute Gasteiger partial charge is 0.161 e.